The van der Waals surface area contributed by atoms with Crippen molar-refractivity contribution in [3.05, 3.63) is 11.4 Å². The molecule has 0 aliphatic heterocycles. The Hall–Kier alpha value is -1.39. The molecule has 0 saturated carbocycles. The molecular formula is C11H18N4O2S. The van der Waals surface area contributed by atoms with Gasteiger partial charge in [0, 0.05) is 26.6 Å². The topological polar surface area (TPSA) is 79.0 Å². The SMILES string of the molecule is CCN(CCC#N)S(=O)(=O)c1c(C)nn(C)c1C. The van der Waals surface area contributed by atoms with E-state index in [4.69, 9.17) is 5.26 Å². The number of aromatic nitrogens is 2. The van der Waals surface area contributed by atoms with E-state index < -0.39 is 10.0 Å². The van der Waals surface area contributed by atoms with E-state index in [-0.39, 0.29) is 17.9 Å². The fraction of sp³-hybridized carbons (Fsp3) is 0.636. The predicted octanol–water partition coefficient (Wildman–Crippen LogP) is 0.961. The monoisotopic (exact) mass is 270 g/mol. The van der Waals surface area contributed by atoms with E-state index >= 15 is 0 Å². The van der Waals surface area contributed by atoms with E-state index in [1.807, 2.05) is 6.07 Å². The van der Waals surface area contributed by atoms with Crippen molar-refractivity contribution >= 4 is 10.0 Å². The Morgan fingerprint density at radius 2 is 2.06 bits per heavy atom. The maximum atomic E-state index is 12.5. The molecular weight excluding hydrogens is 252 g/mol. The van der Waals surface area contributed by atoms with Crippen molar-refractivity contribution in [2.24, 2.45) is 7.05 Å². The highest BCUT2D eigenvalue weighted by Gasteiger charge is 2.29. The van der Waals surface area contributed by atoms with Crippen LogP contribution in [-0.2, 0) is 17.1 Å². The Kier molecular flexibility index (Phi) is 4.48. The molecule has 6 nitrogen and oxygen atoms in total. The van der Waals surface area contributed by atoms with Gasteiger partial charge in [0.2, 0.25) is 10.0 Å². The summed E-state index contributed by atoms with van der Waals surface area (Å²) in [6, 6.07) is 1.96. The van der Waals surface area contributed by atoms with Crippen molar-refractivity contribution in [3.8, 4) is 6.07 Å². The summed E-state index contributed by atoms with van der Waals surface area (Å²) in [5.41, 5.74) is 1.10. The smallest absolute Gasteiger partial charge is 0.246 e. The Bertz CT molecular complexity index is 569. The van der Waals surface area contributed by atoms with Crippen molar-refractivity contribution in [1.29, 1.82) is 5.26 Å². The zero-order valence-electron chi connectivity index (χ0n) is 11.1. The van der Waals surface area contributed by atoms with Crippen molar-refractivity contribution in [3.63, 3.8) is 0 Å². The minimum absolute atomic E-state index is 0.186. The third-order valence-corrected chi connectivity index (χ3v) is 5.09. The Morgan fingerprint density at radius 1 is 1.44 bits per heavy atom. The van der Waals surface area contributed by atoms with Gasteiger partial charge in [-0.15, -0.1) is 0 Å². The minimum atomic E-state index is -3.56. The van der Waals surface area contributed by atoms with Gasteiger partial charge in [0.1, 0.15) is 4.90 Å². The lowest BCUT2D eigenvalue weighted by molar-refractivity contribution is 0.434. The van der Waals surface area contributed by atoms with Crippen molar-refractivity contribution in [2.75, 3.05) is 13.1 Å². The highest BCUT2D eigenvalue weighted by Crippen LogP contribution is 2.22. The number of hydrogen-bond acceptors (Lipinski definition) is 4. The first kappa shape index (κ1) is 14.7. The summed E-state index contributed by atoms with van der Waals surface area (Å²) in [4.78, 5) is 0.254. The molecule has 0 amide bonds. The van der Waals surface area contributed by atoms with E-state index in [2.05, 4.69) is 5.10 Å². The first-order valence-corrected chi connectivity index (χ1v) is 7.17. The summed E-state index contributed by atoms with van der Waals surface area (Å²) in [7, 11) is -1.85. The summed E-state index contributed by atoms with van der Waals surface area (Å²) in [5, 5.41) is 12.7. The van der Waals surface area contributed by atoms with Crippen LogP contribution in [0.2, 0.25) is 0 Å². The molecule has 100 valence electrons. The van der Waals surface area contributed by atoms with Gasteiger partial charge in [0.25, 0.3) is 0 Å². The van der Waals surface area contributed by atoms with Crippen molar-refractivity contribution < 1.29 is 8.42 Å². The first-order chi connectivity index (χ1) is 8.36. The van der Waals surface area contributed by atoms with Gasteiger partial charge in [0.05, 0.1) is 17.5 Å². The fourth-order valence-corrected chi connectivity index (χ4v) is 3.73. The number of nitriles is 1. The summed E-state index contributed by atoms with van der Waals surface area (Å²) in [5.74, 6) is 0. The van der Waals surface area contributed by atoms with Crippen LogP contribution in [0, 0.1) is 25.2 Å². The van der Waals surface area contributed by atoms with Crippen molar-refractivity contribution in [1.82, 2.24) is 14.1 Å². The number of hydrogen-bond donors (Lipinski definition) is 0. The summed E-state index contributed by atoms with van der Waals surface area (Å²) >= 11 is 0. The van der Waals surface area contributed by atoms with E-state index in [0.717, 1.165) is 0 Å². The number of aryl methyl sites for hydroxylation is 2. The second-order valence-corrected chi connectivity index (χ2v) is 5.90. The van der Waals surface area contributed by atoms with Crippen LogP contribution in [0.1, 0.15) is 24.7 Å². The molecule has 1 rings (SSSR count). The van der Waals surface area contributed by atoms with Crippen LogP contribution in [0.3, 0.4) is 0 Å². The fourth-order valence-electron chi connectivity index (χ4n) is 1.88. The predicted molar refractivity (Wildman–Crippen MR) is 67.3 cm³/mol. The zero-order valence-corrected chi connectivity index (χ0v) is 12.0. The van der Waals surface area contributed by atoms with Crippen LogP contribution < -0.4 is 0 Å². The van der Waals surface area contributed by atoms with E-state index in [0.29, 0.717) is 17.9 Å². The van der Waals surface area contributed by atoms with Gasteiger partial charge in [-0.3, -0.25) is 4.68 Å². The minimum Gasteiger partial charge on any atom is -0.271 e. The van der Waals surface area contributed by atoms with Crippen LogP contribution in [0.5, 0.6) is 0 Å². The lowest BCUT2D eigenvalue weighted by Gasteiger charge is -2.19. The van der Waals surface area contributed by atoms with Gasteiger partial charge in [-0.25, -0.2) is 8.42 Å². The number of nitrogens with zero attached hydrogens (tertiary/aromatic N) is 4. The quantitative estimate of drug-likeness (QED) is 0.798. The van der Waals surface area contributed by atoms with E-state index in [9.17, 15) is 8.42 Å². The molecule has 1 heterocycles. The third kappa shape index (κ3) is 2.54. The van der Waals surface area contributed by atoms with Gasteiger partial charge in [-0.1, -0.05) is 6.92 Å². The average Bonchev–Trinajstić information content (AvgIpc) is 2.54. The highest BCUT2D eigenvalue weighted by molar-refractivity contribution is 7.89. The maximum Gasteiger partial charge on any atom is 0.246 e. The molecule has 0 aromatic carbocycles. The van der Waals surface area contributed by atoms with Crippen molar-refractivity contribution in [2.45, 2.75) is 32.1 Å². The van der Waals surface area contributed by atoms with Gasteiger partial charge < -0.3 is 0 Å². The Labute approximate surface area is 108 Å². The van der Waals surface area contributed by atoms with E-state index in [1.54, 1.807) is 32.5 Å². The maximum absolute atomic E-state index is 12.5. The standard InChI is InChI=1S/C11H18N4O2S/c1-5-15(8-6-7-12)18(16,17)11-9(2)13-14(4)10(11)3/h5-6,8H2,1-4H3. The van der Waals surface area contributed by atoms with Crippen LogP contribution in [0.4, 0.5) is 0 Å². The Morgan fingerprint density at radius 3 is 2.44 bits per heavy atom. The van der Waals surface area contributed by atoms with Crippen LogP contribution in [-0.4, -0.2) is 35.6 Å². The first-order valence-electron chi connectivity index (χ1n) is 5.73. The lowest BCUT2D eigenvalue weighted by atomic mass is 10.4. The second-order valence-electron chi connectivity index (χ2n) is 4.03. The third-order valence-electron chi connectivity index (χ3n) is 2.87. The molecule has 0 aliphatic carbocycles. The molecule has 7 heteroatoms. The van der Waals surface area contributed by atoms with E-state index in [1.165, 1.54) is 4.31 Å². The van der Waals surface area contributed by atoms with Gasteiger partial charge in [-0.2, -0.15) is 14.7 Å². The highest BCUT2D eigenvalue weighted by atomic mass is 32.2. The molecule has 0 radical (unpaired) electrons. The number of rotatable bonds is 5. The second kappa shape index (κ2) is 5.50. The van der Waals surface area contributed by atoms with Crippen LogP contribution >= 0.6 is 0 Å². The number of sulfonamides is 1. The summed E-state index contributed by atoms with van der Waals surface area (Å²) < 4.78 is 27.8. The summed E-state index contributed by atoms with van der Waals surface area (Å²) in [6.07, 6.45) is 0.186. The molecule has 18 heavy (non-hydrogen) atoms. The van der Waals surface area contributed by atoms with Crippen LogP contribution in [0.15, 0.2) is 4.90 Å². The zero-order chi connectivity index (χ0) is 13.9. The molecule has 0 bridgehead atoms. The summed E-state index contributed by atoms with van der Waals surface area (Å²) in [6.45, 7) is 5.72. The largest absolute Gasteiger partial charge is 0.271 e. The van der Waals surface area contributed by atoms with Crippen LogP contribution in [0.25, 0.3) is 0 Å². The lowest BCUT2D eigenvalue weighted by Crippen LogP contribution is -2.32. The molecule has 0 unspecified atom stereocenters. The molecule has 0 atom stereocenters. The van der Waals surface area contributed by atoms with Gasteiger partial charge in [-0.05, 0) is 13.8 Å². The normalized spacial score (nSPS) is 11.8. The Balaban J connectivity index is 3.24. The molecule has 0 spiro atoms. The molecule has 1 aromatic heterocycles. The molecule has 0 aliphatic rings. The average molecular weight is 270 g/mol. The molecule has 0 N–H and O–H groups in total. The molecule has 0 fully saturated rings. The molecule has 0 saturated heterocycles. The molecule has 1 aromatic rings. The van der Waals surface area contributed by atoms with Gasteiger partial charge in [0.15, 0.2) is 0 Å². The van der Waals surface area contributed by atoms with Gasteiger partial charge >= 0.3 is 0 Å².